The number of nitrogens with one attached hydrogen (secondary N) is 2. The summed E-state index contributed by atoms with van der Waals surface area (Å²) in [7, 11) is 0. The third-order valence-corrected chi connectivity index (χ3v) is 12.5. The molecule has 1 aliphatic carbocycles. The Morgan fingerprint density at radius 1 is 1.00 bits per heavy atom. The number of nitrogens with zero attached hydrogens (tertiary/aromatic N) is 6. The molecule has 1 atom stereocenters. The number of aromatic nitrogens is 3. The predicted molar refractivity (Wildman–Crippen MR) is 209 cm³/mol. The molecule has 0 radical (unpaired) electrons. The zero-order valence-corrected chi connectivity index (χ0v) is 31.9. The van der Waals surface area contributed by atoms with E-state index in [-0.39, 0.29) is 23.9 Å². The number of aliphatic hydroxyl groups excluding tert-OH is 1. The Kier molecular flexibility index (Phi) is 9.53. The van der Waals surface area contributed by atoms with Gasteiger partial charge >= 0.3 is 0 Å². The third kappa shape index (κ3) is 6.30. The van der Waals surface area contributed by atoms with Crippen molar-refractivity contribution in [2.45, 2.75) is 109 Å². The number of amides is 2. The second kappa shape index (κ2) is 14.2. The van der Waals surface area contributed by atoms with Crippen LogP contribution >= 0.6 is 0 Å². The molecule has 3 aliphatic heterocycles. The Balaban J connectivity index is 1.18. The molecule has 8 rings (SSSR count). The highest BCUT2D eigenvalue weighted by Crippen LogP contribution is 2.52. The molecule has 3 fully saturated rings. The number of anilines is 3. The minimum absolute atomic E-state index is 0.0718. The number of hydrogen-bond donors (Lipinski definition) is 3. The number of aryl methyl sites for hydroxylation is 1. The molecule has 280 valence electrons. The Hall–Kier alpha value is -4.32. The predicted octanol–water partition coefficient (Wildman–Crippen LogP) is 6.58. The summed E-state index contributed by atoms with van der Waals surface area (Å²) in [6, 6.07) is 15.4. The van der Waals surface area contributed by atoms with Crippen LogP contribution in [0.5, 0.6) is 0 Å². The molecule has 1 spiro atoms. The summed E-state index contributed by atoms with van der Waals surface area (Å²) in [5.41, 5.74) is 7.55. The average molecular weight is 719 g/mol. The summed E-state index contributed by atoms with van der Waals surface area (Å²) in [5, 5.41) is 17.5. The van der Waals surface area contributed by atoms with Crippen LogP contribution in [0.1, 0.15) is 102 Å². The summed E-state index contributed by atoms with van der Waals surface area (Å²) in [5.74, 6) is 0.954. The van der Waals surface area contributed by atoms with Gasteiger partial charge in [-0.15, -0.1) is 0 Å². The van der Waals surface area contributed by atoms with E-state index in [0.717, 1.165) is 76.3 Å². The van der Waals surface area contributed by atoms with Crippen LogP contribution in [0.2, 0.25) is 0 Å². The molecule has 2 amide bonds. The highest BCUT2D eigenvalue weighted by molar-refractivity contribution is 6.09. The number of rotatable bonds is 9. The number of hydrogen-bond acceptors (Lipinski definition) is 8. The lowest BCUT2D eigenvalue weighted by Gasteiger charge is -2.48. The third-order valence-electron chi connectivity index (χ3n) is 12.5. The van der Waals surface area contributed by atoms with Crippen molar-refractivity contribution in [3.05, 3.63) is 65.5 Å². The monoisotopic (exact) mass is 718 g/mol. The smallest absolute Gasteiger partial charge is 0.238 e. The molecule has 2 aromatic carbocycles. The second-order valence-electron chi connectivity index (χ2n) is 16.0. The van der Waals surface area contributed by atoms with Crippen LogP contribution in [0.3, 0.4) is 0 Å². The molecular weight excluding hydrogens is 665 g/mol. The molecule has 1 unspecified atom stereocenters. The molecule has 11 heteroatoms. The first-order valence-electron chi connectivity index (χ1n) is 19.7. The molecule has 53 heavy (non-hydrogen) atoms. The summed E-state index contributed by atoms with van der Waals surface area (Å²) in [6.07, 6.45) is 8.21. The van der Waals surface area contributed by atoms with E-state index in [2.05, 4.69) is 63.1 Å². The van der Waals surface area contributed by atoms with Crippen molar-refractivity contribution in [3.8, 4) is 11.3 Å². The van der Waals surface area contributed by atoms with Crippen LogP contribution in [0.15, 0.2) is 48.8 Å². The number of aliphatic hydroxyl groups is 1. The average Bonchev–Trinajstić information content (AvgIpc) is 3.67. The van der Waals surface area contributed by atoms with Gasteiger partial charge in [-0.1, -0.05) is 31.5 Å². The molecule has 2 aromatic heterocycles. The number of pyridine rings is 1. The minimum Gasteiger partial charge on any atom is -0.374 e. The van der Waals surface area contributed by atoms with Gasteiger partial charge in [-0.2, -0.15) is 0 Å². The lowest BCUT2D eigenvalue weighted by Crippen LogP contribution is -2.58. The maximum Gasteiger partial charge on any atom is 0.238 e. The second-order valence-corrected chi connectivity index (χ2v) is 16.0. The summed E-state index contributed by atoms with van der Waals surface area (Å²) >= 11 is 0. The Labute approximate surface area is 312 Å². The highest BCUT2D eigenvalue weighted by Gasteiger charge is 2.55. The molecule has 4 aromatic rings. The Morgan fingerprint density at radius 3 is 2.45 bits per heavy atom. The van der Waals surface area contributed by atoms with E-state index in [9.17, 15) is 14.7 Å². The van der Waals surface area contributed by atoms with Crippen molar-refractivity contribution < 1.29 is 14.7 Å². The van der Waals surface area contributed by atoms with Gasteiger partial charge in [0.1, 0.15) is 11.7 Å². The van der Waals surface area contributed by atoms with Gasteiger partial charge in [0, 0.05) is 60.6 Å². The number of imidazole rings is 1. The number of piperidine rings is 2. The number of likely N-dealkylation sites (tertiary alicyclic amines) is 2. The number of carbonyl (C=O) groups excluding carboxylic acids is 2. The SMILES string of the molecule is CCNC(O)c1cc(Nc2nc(-c3ccc4c(c3)N([C@H]3C[C@@H](N5CCCCC5)C3)C(=O)C43CCN(C(C)=O)CC3)cc3ncn(C(C)C)c23)ccc1C. The molecule has 0 bridgehead atoms. The van der Waals surface area contributed by atoms with Crippen LogP contribution in [-0.4, -0.2) is 86.1 Å². The fourth-order valence-electron chi connectivity index (χ4n) is 9.29. The number of benzene rings is 2. The summed E-state index contributed by atoms with van der Waals surface area (Å²) in [4.78, 5) is 43.8. The fourth-order valence-corrected chi connectivity index (χ4v) is 9.29. The molecule has 11 nitrogen and oxygen atoms in total. The van der Waals surface area contributed by atoms with E-state index in [0.29, 0.717) is 44.3 Å². The van der Waals surface area contributed by atoms with E-state index in [4.69, 9.17) is 9.97 Å². The first kappa shape index (κ1) is 35.7. The molecule has 5 heterocycles. The zero-order valence-electron chi connectivity index (χ0n) is 31.9. The molecule has 2 saturated heterocycles. The first-order valence-corrected chi connectivity index (χ1v) is 19.7. The highest BCUT2D eigenvalue weighted by atomic mass is 16.3. The van der Waals surface area contributed by atoms with Crippen molar-refractivity contribution in [3.63, 3.8) is 0 Å². The Bertz CT molecular complexity index is 2020. The maximum absolute atomic E-state index is 14.8. The van der Waals surface area contributed by atoms with E-state index in [1.54, 1.807) is 6.92 Å². The van der Waals surface area contributed by atoms with Crippen LogP contribution in [-0.2, 0) is 15.0 Å². The minimum atomic E-state index is -0.775. The summed E-state index contributed by atoms with van der Waals surface area (Å²) < 4.78 is 2.13. The van der Waals surface area contributed by atoms with Crippen molar-refractivity contribution in [1.82, 2.24) is 29.7 Å². The van der Waals surface area contributed by atoms with Gasteiger partial charge in [-0.25, -0.2) is 9.97 Å². The molecule has 3 N–H and O–H groups in total. The van der Waals surface area contributed by atoms with Gasteiger partial charge in [0.2, 0.25) is 11.8 Å². The van der Waals surface area contributed by atoms with Gasteiger partial charge in [0.15, 0.2) is 5.82 Å². The number of fused-ring (bicyclic) bond motifs is 3. The maximum atomic E-state index is 14.8. The van der Waals surface area contributed by atoms with Crippen molar-refractivity contribution in [2.24, 2.45) is 0 Å². The number of carbonyl (C=O) groups is 2. The van der Waals surface area contributed by atoms with Gasteiger partial charge in [-0.05, 0) is 114 Å². The topological polar surface area (TPSA) is 119 Å². The van der Waals surface area contributed by atoms with Crippen LogP contribution in [0, 0.1) is 6.92 Å². The summed E-state index contributed by atoms with van der Waals surface area (Å²) in [6.45, 7) is 14.0. The molecule has 4 aliphatic rings. The van der Waals surface area contributed by atoms with Crippen LogP contribution < -0.4 is 15.5 Å². The van der Waals surface area contributed by atoms with Gasteiger partial charge in [-0.3, -0.25) is 14.9 Å². The normalized spacial score (nSPS) is 22.1. The lowest BCUT2D eigenvalue weighted by atomic mass is 9.73. The van der Waals surface area contributed by atoms with Crippen LogP contribution in [0.4, 0.5) is 17.2 Å². The van der Waals surface area contributed by atoms with E-state index in [1.165, 1.54) is 19.3 Å². The quantitative estimate of drug-likeness (QED) is 0.166. The van der Waals surface area contributed by atoms with E-state index in [1.807, 2.05) is 43.3 Å². The van der Waals surface area contributed by atoms with Crippen molar-refractivity contribution in [1.29, 1.82) is 0 Å². The largest absolute Gasteiger partial charge is 0.374 e. The van der Waals surface area contributed by atoms with Crippen molar-refractivity contribution >= 4 is 40.0 Å². The van der Waals surface area contributed by atoms with Crippen molar-refractivity contribution in [2.75, 3.05) is 42.9 Å². The van der Waals surface area contributed by atoms with Crippen LogP contribution in [0.25, 0.3) is 22.3 Å². The molecular formula is C42H54N8O3. The standard InChI is InChI=1S/C42H54N8O3/c1-6-43-40(52)33-21-30(12-10-27(33)4)45-39-38-36(44-25-49(38)26(2)3)24-35(46-39)29-11-13-34-37(20-29)50(32-22-31(23-32)48-16-8-7-9-17-48)41(53)42(34)14-18-47(19-15-42)28(5)51/h10-13,20-21,24-26,31-32,40,43,52H,6-9,14-19,22-23H2,1-5H3,(H,45,46)/t31-,32+,40?. The van der Waals surface area contributed by atoms with E-state index >= 15 is 0 Å². The molecule has 1 saturated carbocycles. The van der Waals surface area contributed by atoms with E-state index < -0.39 is 11.6 Å². The van der Waals surface area contributed by atoms with Gasteiger partial charge < -0.3 is 29.7 Å². The fraction of sp³-hybridized carbons (Fsp3) is 0.524. The zero-order chi connectivity index (χ0) is 37.0. The van der Waals surface area contributed by atoms with Gasteiger partial charge in [0.05, 0.1) is 23.0 Å². The lowest BCUT2D eigenvalue weighted by molar-refractivity contribution is -0.134. The first-order chi connectivity index (χ1) is 25.6. The Morgan fingerprint density at radius 2 is 1.75 bits per heavy atom. The van der Waals surface area contributed by atoms with Gasteiger partial charge in [0.25, 0.3) is 0 Å².